The fourth-order valence-electron chi connectivity index (χ4n) is 3.37. The van der Waals surface area contributed by atoms with Crippen LogP contribution in [0.1, 0.15) is 65.9 Å². The maximum Gasteiger partial charge on any atom is 0.0398 e. The molecular formula is C21H38N2. The summed E-state index contributed by atoms with van der Waals surface area (Å²) < 4.78 is 0. The smallest absolute Gasteiger partial charge is 0.0398 e. The van der Waals surface area contributed by atoms with Crippen molar-refractivity contribution in [1.29, 1.82) is 0 Å². The van der Waals surface area contributed by atoms with Crippen LogP contribution in [0.15, 0.2) is 24.3 Å². The third-order valence-corrected chi connectivity index (χ3v) is 4.71. The second kappa shape index (κ2) is 11.5. The van der Waals surface area contributed by atoms with Crippen molar-refractivity contribution in [2.75, 3.05) is 31.1 Å². The predicted octanol–water partition coefficient (Wildman–Crippen LogP) is 5.37. The zero-order valence-electron chi connectivity index (χ0n) is 16.1. The van der Waals surface area contributed by atoms with Crippen LogP contribution in [-0.2, 0) is 6.42 Å². The fraction of sp³-hybridized carbons (Fsp3) is 0.714. The number of hydrogen-bond donors (Lipinski definition) is 0. The molecule has 3 rings (SSSR count). The van der Waals surface area contributed by atoms with Crippen molar-refractivity contribution in [3.05, 3.63) is 29.8 Å². The van der Waals surface area contributed by atoms with E-state index < -0.39 is 0 Å². The van der Waals surface area contributed by atoms with Gasteiger partial charge in [-0.25, -0.2) is 0 Å². The molecule has 23 heavy (non-hydrogen) atoms. The first-order valence-corrected chi connectivity index (χ1v) is 9.79. The quantitative estimate of drug-likeness (QED) is 0.723. The van der Waals surface area contributed by atoms with E-state index >= 15 is 0 Å². The molecule has 0 spiro atoms. The van der Waals surface area contributed by atoms with E-state index in [1.54, 1.807) is 0 Å². The first kappa shape index (κ1) is 20.0. The molecule has 0 unspecified atom stereocenters. The molecule has 0 saturated carbocycles. The predicted molar refractivity (Wildman–Crippen MR) is 105 cm³/mol. The van der Waals surface area contributed by atoms with Gasteiger partial charge in [-0.15, -0.1) is 0 Å². The van der Waals surface area contributed by atoms with Gasteiger partial charge in [-0.1, -0.05) is 38.5 Å². The summed E-state index contributed by atoms with van der Waals surface area (Å²) in [6.45, 7) is 15.8. The van der Waals surface area contributed by atoms with Gasteiger partial charge in [0.25, 0.3) is 0 Å². The van der Waals surface area contributed by atoms with Crippen LogP contribution in [0.5, 0.6) is 0 Å². The number of nitrogens with zero attached hydrogens (tertiary/aromatic N) is 2. The summed E-state index contributed by atoms with van der Waals surface area (Å²) in [6, 6.07) is 9.52. The van der Waals surface area contributed by atoms with Crippen molar-refractivity contribution in [3.8, 4) is 0 Å². The lowest BCUT2D eigenvalue weighted by Crippen LogP contribution is -2.35. The van der Waals surface area contributed by atoms with Gasteiger partial charge >= 0.3 is 0 Å². The lowest BCUT2D eigenvalue weighted by Gasteiger charge is -2.29. The molecule has 0 radical (unpaired) electrons. The van der Waals surface area contributed by atoms with Gasteiger partial charge in [0.05, 0.1) is 0 Å². The third-order valence-electron chi connectivity index (χ3n) is 4.71. The van der Waals surface area contributed by atoms with Crippen LogP contribution < -0.4 is 4.90 Å². The Balaban J connectivity index is 0.000000215. The Kier molecular flexibility index (Phi) is 10.0. The molecule has 2 aliphatic rings. The number of hydrogen-bond acceptors (Lipinski definition) is 2. The third kappa shape index (κ3) is 6.55. The average molecular weight is 319 g/mol. The minimum absolute atomic E-state index is 0.769. The van der Waals surface area contributed by atoms with Gasteiger partial charge < -0.3 is 9.80 Å². The molecule has 0 bridgehead atoms. The number of fused-ring (bicyclic) bond motifs is 1. The molecule has 0 aliphatic carbocycles. The Hall–Kier alpha value is -1.02. The summed E-state index contributed by atoms with van der Waals surface area (Å²) in [6.07, 6.45) is 6.84. The Morgan fingerprint density at radius 2 is 1.57 bits per heavy atom. The molecule has 132 valence electrons. The molecule has 0 aromatic heterocycles. The van der Waals surface area contributed by atoms with Gasteiger partial charge in [0.15, 0.2) is 0 Å². The van der Waals surface area contributed by atoms with Crippen LogP contribution in [0.3, 0.4) is 0 Å². The van der Waals surface area contributed by atoms with Crippen LogP contribution in [-0.4, -0.2) is 37.1 Å². The monoisotopic (exact) mass is 318 g/mol. The van der Waals surface area contributed by atoms with E-state index in [1.807, 2.05) is 13.8 Å². The first-order valence-electron chi connectivity index (χ1n) is 9.79. The van der Waals surface area contributed by atoms with Crippen LogP contribution in [0.2, 0.25) is 0 Å². The SMILES string of the molecule is CC.CC(C)N1CCCCC1.CCN1CCCc2ccccc21. The van der Waals surface area contributed by atoms with Crippen molar-refractivity contribution in [2.45, 2.75) is 72.8 Å². The maximum atomic E-state index is 2.56. The number of likely N-dealkylation sites (tertiary alicyclic amines) is 1. The summed E-state index contributed by atoms with van der Waals surface area (Å²) in [5.74, 6) is 0. The Labute approximate surface area is 144 Å². The maximum absolute atomic E-state index is 2.56. The highest BCUT2D eigenvalue weighted by molar-refractivity contribution is 5.55. The highest BCUT2D eigenvalue weighted by atomic mass is 15.1. The van der Waals surface area contributed by atoms with Crippen molar-refractivity contribution in [1.82, 2.24) is 4.90 Å². The van der Waals surface area contributed by atoms with Crippen molar-refractivity contribution in [3.63, 3.8) is 0 Å². The molecule has 1 fully saturated rings. The molecule has 2 nitrogen and oxygen atoms in total. The lowest BCUT2D eigenvalue weighted by atomic mass is 10.0. The van der Waals surface area contributed by atoms with Gasteiger partial charge in [0.2, 0.25) is 0 Å². The van der Waals surface area contributed by atoms with Crippen LogP contribution in [0, 0.1) is 0 Å². The van der Waals surface area contributed by atoms with Crippen LogP contribution in [0.25, 0.3) is 0 Å². The van der Waals surface area contributed by atoms with Crippen molar-refractivity contribution >= 4 is 5.69 Å². The molecule has 1 aromatic carbocycles. The fourth-order valence-corrected chi connectivity index (χ4v) is 3.37. The zero-order valence-corrected chi connectivity index (χ0v) is 16.1. The summed E-state index contributed by atoms with van der Waals surface area (Å²) in [5.41, 5.74) is 2.97. The normalized spacial score (nSPS) is 17.6. The Morgan fingerprint density at radius 3 is 2.13 bits per heavy atom. The van der Waals surface area contributed by atoms with E-state index in [2.05, 4.69) is 54.8 Å². The largest absolute Gasteiger partial charge is 0.372 e. The van der Waals surface area contributed by atoms with E-state index in [1.165, 1.54) is 63.0 Å². The number of anilines is 1. The minimum Gasteiger partial charge on any atom is -0.372 e. The molecule has 2 aliphatic heterocycles. The van der Waals surface area contributed by atoms with Crippen LogP contribution in [0.4, 0.5) is 5.69 Å². The van der Waals surface area contributed by atoms with Crippen molar-refractivity contribution < 1.29 is 0 Å². The second-order valence-electron chi connectivity index (χ2n) is 6.50. The lowest BCUT2D eigenvalue weighted by molar-refractivity contribution is 0.185. The van der Waals surface area contributed by atoms with Gasteiger partial charge in [0, 0.05) is 24.8 Å². The zero-order chi connectivity index (χ0) is 17.1. The van der Waals surface area contributed by atoms with Crippen molar-refractivity contribution in [2.24, 2.45) is 0 Å². The van der Waals surface area contributed by atoms with Gasteiger partial charge in [0.1, 0.15) is 0 Å². The Bertz CT molecular complexity index is 408. The standard InChI is InChI=1S/C11H15N.C8H17N.C2H6/c1-2-12-9-5-7-10-6-3-4-8-11(10)12;1-8(2)9-6-4-3-5-7-9;1-2/h3-4,6,8H,2,5,7,9H2,1H3;8H,3-7H2,1-2H3;1-2H3. The average Bonchev–Trinajstić information content (AvgIpc) is 2.64. The highest BCUT2D eigenvalue weighted by Gasteiger charge is 2.13. The highest BCUT2D eigenvalue weighted by Crippen LogP contribution is 2.25. The summed E-state index contributed by atoms with van der Waals surface area (Å²) in [4.78, 5) is 5.02. The molecule has 1 aromatic rings. The molecule has 0 atom stereocenters. The van der Waals surface area contributed by atoms with E-state index in [9.17, 15) is 0 Å². The summed E-state index contributed by atoms with van der Waals surface area (Å²) in [7, 11) is 0. The second-order valence-corrected chi connectivity index (χ2v) is 6.50. The molecule has 0 N–H and O–H groups in total. The van der Waals surface area contributed by atoms with E-state index in [4.69, 9.17) is 0 Å². The van der Waals surface area contributed by atoms with Gasteiger partial charge in [-0.3, -0.25) is 0 Å². The van der Waals surface area contributed by atoms with E-state index in [0.29, 0.717) is 0 Å². The number of benzene rings is 1. The molecule has 2 heteroatoms. The summed E-state index contributed by atoms with van der Waals surface area (Å²) >= 11 is 0. The van der Waals surface area contributed by atoms with E-state index in [0.717, 1.165) is 12.6 Å². The number of para-hydroxylation sites is 1. The van der Waals surface area contributed by atoms with Gasteiger partial charge in [-0.05, 0) is 71.2 Å². The van der Waals surface area contributed by atoms with Gasteiger partial charge in [-0.2, -0.15) is 0 Å². The first-order chi connectivity index (χ1) is 11.2. The molecule has 2 heterocycles. The van der Waals surface area contributed by atoms with Crippen LogP contribution >= 0.6 is 0 Å². The number of piperidine rings is 1. The summed E-state index contributed by atoms with van der Waals surface area (Å²) in [5, 5.41) is 0. The van der Waals surface area contributed by atoms with E-state index in [-0.39, 0.29) is 0 Å². The molecular weight excluding hydrogens is 280 g/mol. The molecule has 0 amide bonds. The molecule has 1 saturated heterocycles. The number of rotatable bonds is 2. The topological polar surface area (TPSA) is 6.48 Å². The Morgan fingerprint density at radius 1 is 0.913 bits per heavy atom. The minimum atomic E-state index is 0.769. The number of aryl methyl sites for hydroxylation is 1.